The summed E-state index contributed by atoms with van der Waals surface area (Å²) in [5, 5.41) is 4.10. The fourth-order valence-corrected chi connectivity index (χ4v) is 1.44. The third-order valence-electron chi connectivity index (χ3n) is 2.38. The number of carbonyl (C=O) groups excluding carboxylic acids is 1. The molecule has 0 amide bonds. The molecule has 18 heavy (non-hydrogen) atoms. The van der Waals surface area contributed by atoms with Crippen molar-refractivity contribution >= 4 is 11.8 Å². The first-order valence-electron chi connectivity index (χ1n) is 5.27. The molecule has 0 aliphatic carbocycles. The largest absolute Gasteiger partial charge is 0.463 e. The average Bonchev–Trinajstić information content (AvgIpc) is 2.68. The topological polar surface area (TPSA) is 95.9 Å². The van der Waals surface area contributed by atoms with E-state index in [2.05, 4.69) is 19.8 Å². The average molecular weight is 247 g/mol. The van der Waals surface area contributed by atoms with E-state index in [0.29, 0.717) is 17.3 Å². The Morgan fingerprint density at radius 2 is 2.11 bits per heavy atom. The molecule has 2 rings (SSSR count). The predicted octanol–water partition coefficient (Wildman–Crippen LogP) is 0.648. The zero-order chi connectivity index (χ0) is 13.3. The van der Waals surface area contributed by atoms with Crippen molar-refractivity contribution in [1.29, 1.82) is 0 Å². The molecular formula is C11H13N5O2. The van der Waals surface area contributed by atoms with Gasteiger partial charge in [-0.05, 0) is 13.8 Å². The van der Waals surface area contributed by atoms with Gasteiger partial charge in [0.2, 0.25) is 5.82 Å². The molecule has 0 atom stereocenters. The molecule has 0 saturated carbocycles. The van der Waals surface area contributed by atoms with Crippen LogP contribution in [0.15, 0.2) is 12.3 Å². The minimum atomic E-state index is -0.586. The maximum atomic E-state index is 11.4. The highest BCUT2D eigenvalue weighted by Crippen LogP contribution is 2.12. The number of carbonyl (C=O) groups is 1. The van der Waals surface area contributed by atoms with Gasteiger partial charge in [-0.1, -0.05) is 0 Å². The molecule has 0 saturated heterocycles. The second-order valence-corrected chi connectivity index (χ2v) is 3.82. The van der Waals surface area contributed by atoms with Gasteiger partial charge in [0.15, 0.2) is 5.82 Å². The molecular weight excluding hydrogens is 234 g/mol. The van der Waals surface area contributed by atoms with Gasteiger partial charge in [-0.15, -0.1) is 5.10 Å². The number of hydrogen-bond donors (Lipinski definition) is 1. The number of rotatable bonds is 2. The fraction of sp³-hybridized carbons (Fsp3) is 0.273. The van der Waals surface area contributed by atoms with Gasteiger partial charge in [-0.3, -0.25) is 0 Å². The molecule has 0 aliphatic heterocycles. The number of nitrogens with two attached hydrogens (primary N) is 1. The molecule has 0 bridgehead atoms. The summed E-state index contributed by atoms with van der Waals surface area (Å²) in [7, 11) is 1.28. The maximum absolute atomic E-state index is 11.4. The van der Waals surface area contributed by atoms with E-state index >= 15 is 0 Å². The summed E-state index contributed by atoms with van der Waals surface area (Å²) >= 11 is 0. The standard InChI is InChI=1S/C11H13N5O2/c1-6-5-16(15-9(6)12)8-4-7(2)13-10(14-8)11(17)18-3/h4-5H,1-3H3,(H2,12,15). The summed E-state index contributed by atoms with van der Waals surface area (Å²) in [6.07, 6.45) is 1.73. The van der Waals surface area contributed by atoms with Crippen LogP contribution in [-0.4, -0.2) is 32.8 Å². The Morgan fingerprint density at radius 3 is 2.67 bits per heavy atom. The van der Waals surface area contributed by atoms with Gasteiger partial charge in [0, 0.05) is 23.5 Å². The van der Waals surface area contributed by atoms with Crippen molar-refractivity contribution in [3.63, 3.8) is 0 Å². The van der Waals surface area contributed by atoms with E-state index in [9.17, 15) is 4.79 Å². The zero-order valence-corrected chi connectivity index (χ0v) is 10.3. The molecule has 2 aromatic heterocycles. The third-order valence-corrected chi connectivity index (χ3v) is 2.38. The van der Waals surface area contributed by atoms with Gasteiger partial charge >= 0.3 is 5.97 Å². The van der Waals surface area contributed by atoms with Crippen molar-refractivity contribution in [2.75, 3.05) is 12.8 Å². The van der Waals surface area contributed by atoms with Crippen molar-refractivity contribution in [2.45, 2.75) is 13.8 Å². The highest BCUT2D eigenvalue weighted by molar-refractivity contribution is 5.85. The molecule has 2 N–H and O–H groups in total. The van der Waals surface area contributed by atoms with Crippen LogP contribution in [0.3, 0.4) is 0 Å². The molecule has 0 aromatic carbocycles. The number of anilines is 1. The van der Waals surface area contributed by atoms with Gasteiger partial charge in [0.25, 0.3) is 0 Å². The Hall–Kier alpha value is -2.44. The van der Waals surface area contributed by atoms with Crippen LogP contribution in [0.5, 0.6) is 0 Å². The normalized spacial score (nSPS) is 10.4. The molecule has 0 fully saturated rings. The molecule has 94 valence electrons. The van der Waals surface area contributed by atoms with Crippen LogP contribution >= 0.6 is 0 Å². The summed E-state index contributed by atoms with van der Waals surface area (Å²) < 4.78 is 6.10. The second kappa shape index (κ2) is 4.44. The first-order chi connectivity index (χ1) is 8.51. The number of hydrogen-bond acceptors (Lipinski definition) is 6. The van der Waals surface area contributed by atoms with Crippen molar-refractivity contribution in [3.05, 3.63) is 29.3 Å². The van der Waals surface area contributed by atoms with Crippen molar-refractivity contribution in [3.8, 4) is 5.82 Å². The summed E-state index contributed by atoms with van der Waals surface area (Å²) in [6.45, 7) is 3.60. The summed E-state index contributed by atoms with van der Waals surface area (Å²) in [6, 6.07) is 1.71. The van der Waals surface area contributed by atoms with Gasteiger partial charge < -0.3 is 10.5 Å². The van der Waals surface area contributed by atoms with Gasteiger partial charge in [-0.2, -0.15) is 0 Å². The quantitative estimate of drug-likeness (QED) is 0.782. The van der Waals surface area contributed by atoms with Crippen LogP contribution in [0, 0.1) is 13.8 Å². The number of aromatic nitrogens is 4. The van der Waals surface area contributed by atoms with E-state index in [-0.39, 0.29) is 5.82 Å². The van der Waals surface area contributed by atoms with E-state index in [1.165, 1.54) is 11.8 Å². The van der Waals surface area contributed by atoms with E-state index < -0.39 is 5.97 Å². The van der Waals surface area contributed by atoms with E-state index in [1.807, 2.05) is 6.92 Å². The third kappa shape index (κ3) is 2.15. The molecule has 0 spiro atoms. The number of aryl methyl sites for hydroxylation is 2. The van der Waals surface area contributed by atoms with Crippen LogP contribution in [0.25, 0.3) is 5.82 Å². The molecule has 7 heteroatoms. The Bertz CT molecular complexity index is 586. The first kappa shape index (κ1) is 12.0. The van der Waals surface area contributed by atoms with Crippen LogP contribution in [0.4, 0.5) is 5.82 Å². The molecule has 2 heterocycles. The Balaban J connectivity index is 2.51. The monoisotopic (exact) mass is 247 g/mol. The minimum Gasteiger partial charge on any atom is -0.463 e. The lowest BCUT2D eigenvalue weighted by atomic mass is 10.4. The Kier molecular flexibility index (Phi) is 2.97. The lowest BCUT2D eigenvalue weighted by Crippen LogP contribution is -2.11. The SMILES string of the molecule is COC(=O)c1nc(C)cc(-n2cc(C)c(N)n2)n1. The highest BCUT2D eigenvalue weighted by atomic mass is 16.5. The number of nitrogens with zero attached hydrogens (tertiary/aromatic N) is 4. The van der Waals surface area contributed by atoms with Crippen molar-refractivity contribution in [2.24, 2.45) is 0 Å². The van der Waals surface area contributed by atoms with E-state index in [4.69, 9.17) is 5.73 Å². The molecule has 0 unspecified atom stereocenters. The van der Waals surface area contributed by atoms with Crippen molar-refractivity contribution < 1.29 is 9.53 Å². The van der Waals surface area contributed by atoms with Crippen LogP contribution in [0.2, 0.25) is 0 Å². The lowest BCUT2D eigenvalue weighted by Gasteiger charge is -2.04. The molecule has 2 aromatic rings. The van der Waals surface area contributed by atoms with E-state index in [0.717, 1.165) is 5.56 Å². The van der Waals surface area contributed by atoms with Crippen LogP contribution in [-0.2, 0) is 4.74 Å². The molecule has 7 nitrogen and oxygen atoms in total. The van der Waals surface area contributed by atoms with Gasteiger partial charge in [-0.25, -0.2) is 19.4 Å². The highest BCUT2D eigenvalue weighted by Gasteiger charge is 2.13. The van der Waals surface area contributed by atoms with Crippen molar-refractivity contribution in [1.82, 2.24) is 19.7 Å². The minimum absolute atomic E-state index is 0.000718. The molecule has 0 aliphatic rings. The number of nitrogen functional groups attached to an aromatic ring is 1. The number of ether oxygens (including phenoxy) is 1. The lowest BCUT2D eigenvalue weighted by molar-refractivity contribution is 0.0586. The van der Waals surface area contributed by atoms with Gasteiger partial charge in [0.1, 0.15) is 5.82 Å². The first-order valence-corrected chi connectivity index (χ1v) is 5.27. The summed E-state index contributed by atoms with van der Waals surface area (Å²) in [5.41, 5.74) is 7.16. The maximum Gasteiger partial charge on any atom is 0.376 e. The summed E-state index contributed by atoms with van der Waals surface area (Å²) in [4.78, 5) is 19.5. The number of methoxy groups -OCH3 is 1. The van der Waals surface area contributed by atoms with Crippen LogP contribution in [0.1, 0.15) is 21.9 Å². The van der Waals surface area contributed by atoms with E-state index in [1.54, 1.807) is 19.2 Å². The Labute approximate surface area is 104 Å². The Morgan fingerprint density at radius 1 is 1.39 bits per heavy atom. The summed E-state index contributed by atoms with van der Waals surface area (Å²) in [5.74, 6) is 0.310. The zero-order valence-electron chi connectivity index (χ0n) is 10.3. The number of esters is 1. The van der Waals surface area contributed by atoms with Crippen LogP contribution < -0.4 is 5.73 Å². The van der Waals surface area contributed by atoms with Gasteiger partial charge in [0.05, 0.1) is 7.11 Å². The molecule has 0 radical (unpaired) electrons. The smallest absolute Gasteiger partial charge is 0.376 e. The predicted molar refractivity (Wildman–Crippen MR) is 64.4 cm³/mol. The second-order valence-electron chi connectivity index (χ2n) is 3.82. The fourth-order valence-electron chi connectivity index (χ4n) is 1.44.